The van der Waals surface area contributed by atoms with Gasteiger partial charge in [-0.3, -0.25) is 5.10 Å². The zero-order valence-electron chi connectivity index (χ0n) is 15.3. The number of nitrogens with one attached hydrogen (secondary N) is 1. The molecule has 4 heterocycles. The summed E-state index contributed by atoms with van der Waals surface area (Å²) in [6, 6.07) is 6.84. The summed E-state index contributed by atoms with van der Waals surface area (Å²) < 4.78 is 2.17. The molecular weight excluding hydrogens is 344 g/mol. The Balaban J connectivity index is 1.50. The first-order chi connectivity index (χ1) is 12.7. The van der Waals surface area contributed by atoms with Crippen LogP contribution in [-0.4, -0.2) is 50.0 Å². The van der Waals surface area contributed by atoms with Gasteiger partial charge in [0, 0.05) is 10.8 Å². The van der Waals surface area contributed by atoms with E-state index in [2.05, 4.69) is 51.9 Å². The van der Waals surface area contributed by atoms with E-state index in [1.807, 2.05) is 0 Å². The molecule has 1 saturated carbocycles. The van der Waals surface area contributed by atoms with Gasteiger partial charge in [-0.1, -0.05) is 0 Å². The lowest BCUT2D eigenvalue weighted by Gasteiger charge is -2.29. The zero-order chi connectivity index (χ0) is 17.7. The Kier molecular flexibility index (Phi) is 3.94. The van der Waals surface area contributed by atoms with Gasteiger partial charge in [-0.15, -0.1) is 11.3 Å². The maximum absolute atomic E-state index is 4.92. The first kappa shape index (κ1) is 16.2. The fourth-order valence-corrected chi connectivity index (χ4v) is 4.50. The number of aromatic amines is 1. The van der Waals surface area contributed by atoms with Crippen molar-refractivity contribution in [1.82, 2.24) is 29.9 Å². The van der Waals surface area contributed by atoms with Crippen molar-refractivity contribution < 1.29 is 0 Å². The number of rotatable bonds is 4. The summed E-state index contributed by atoms with van der Waals surface area (Å²) >= 11 is 1.78. The molecule has 6 nitrogen and oxygen atoms in total. The molecule has 1 saturated heterocycles. The Bertz CT molecular complexity index is 910. The molecule has 7 heteroatoms. The van der Waals surface area contributed by atoms with Crippen LogP contribution in [-0.2, 0) is 0 Å². The topological polar surface area (TPSA) is 62.6 Å². The van der Waals surface area contributed by atoms with Crippen LogP contribution in [0.2, 0.25) is 0 Å². The average molecular weight is 369 g/mol. The number of likely N-dealkylation sites (tertiary alicyclic amines) is 1. The summed E-state index contributed by atoms with van der Waals surface area (Å²) in [6.07, 6.45) is 4.69. The van der Waals surface area contributed by atoms with Crippen LogP contribution in [0.25, 0.3) is 22.1 Å². The van der Waals surface area contributed by atoms with E-state index in [9.17, 15) is 0 Å². The van der Waals surface area contributed by atoms with Gasteiger partial charge in [0.2, 0.25) is 0 Å². The van der Waals surface area contributed by atoms with E-state index >= 15 is 0 Å². The molecule has 0 atom stereocenters. The molecule has 1 aliphatic carbocycles. The van der Waals surface area contributed by atoms with Crippen molar-refractivity contribution in [3.05, 3.63) is 28.9 Å². The average Bonchev–Trinajstić information content (AvgIpc) is 3.05. The number of thiophene rings is 1. The van der Waals surface area contributed by atoms with Crippen molar-refractivity contribution in [3.8, 4) is 22.1 Å². The van der Waals surface area contributed by atoms with Crippen LogP contribution in [0, 0.1) is 6.92 Å². The highest BCUT2D eigenvalue weighted by Gasteiger charge is 2.32. The molecule has 1 N–H and O–H groups in total. The summed E-state index contributed by atoms with van der Waals surface area (Å²) in [7, 11) is 2.19. The van der Waals surface area contributed by atoms with E-state index in [0.717, 1.165) is 49.0 Å². The number of H-pyrrole nitrogens is 1. The third-order valence-corrected chi connectivity index (χ3v) is 6.47. The molecule has 0 amide bonds. The summed E-state index contributed by atoms with van der Waals surface area (Å²) in [5, 5.41) is 12.7. The number of aryl methyl sites for hydroxylation is 1. The van der Waals surface area contributed by atoms with Crippen molar-refractivity contribution in [2.45, 2.75) is 44.6 Å². The lowest BCUT2D eigenvalue weighted by atomic mass is 10.1. The van der Waals surface area contributed by atoms with E-state index in [1.165, 1.54) is 22.6 Å². The predicted molar refractivity (Wildman–Crippen MR) is 103 cm³/mol. The van der Waals surface area contributed by atoms with Gasteiger partial charge in [-0.25, -0.2) is 9.67 Å². The second kappa shape index (κ2) is 6.32. The Morgan fingerprint density at radius 2 is 1.96 bits per heavy atom. The van der Waals surface area contributed by atoms with Crippen LogP contribution < -0.4 is 0 Å². The van der Waals surface area contributed by atoms with Gasteiger partial charge in [0.1, 0.15) is 5.69 Å². The second-order valence-electron chi connectivity index (χ2n) is 7.62. The Morgan fingerprint density at radius 3 is 2.65 bits per heavy atom. The maximum atomic E-state index is 4.92. The van der Waals surface area contributed by atoms with Crippen LogP contribution in [0.1, 0.15) is 48.3 Å². The molecule has 2 fully saturated rings. The largest absolute Gasteiger partial charge is 0.306 e. The molecule has 3 aromatic rings. The minimum Gasteiger partial charge on any atom is -0.306 e. The second-order valence-corrected chi connectivity index (χ2v) is 8.91. The molecule has 0 aromatic carbocycles. The summed E-state index contributed by atoms with van der Waals surface area (Å²) in [4.78, 5) is 9.82. The van der Waals surface area contributed by atoms with Gasteiger partial charge in [0.15, 0.2) is 11.6 Å². The Morgan fingerprint density at radius 1 is 1.15 bits per heavy atom. The summed E-state index contributed by atoms with van der Waals surface area (Å²) in [6.45, 7) is 4.36. The molecule has 5 rings (SSSR count). The first-order valence-corrected chi connectivity index (χ1v) is 10.3. The smallest absolute Gasteiger partial charge is 0.179 e. The van der Waals surface area contributed by atoms with Crippen LogP contribution in [0.5, 0.6) is 0 Å². The first-order valence-electron chi connectivity index (χ1n) is 9.45. The molecule has 0 radical (unpaired) electrons. The minimum atomic E-state index is 0.422. The SMILES string of the molecule is Cc1ccc(-c2cc(-c3nc(C4CC4)nn3C3CCN(C)CC3)n[nH]2)s1. The third kappa shape index (κ3) is 2.99. The highest BCUT2D eigenvalue weighted by molar-refractivity contribution is 7.15. The highest BCUT2D eigenvalue weighted by Crippen LogP contribution is 2.40. The zero-order valence-corrected chi connectivity index (χ0v) is 16.1. The van der Waals surface area contributed by atoms with E-state index in [0.29, 0.717) is 12.0 Å². The molecule has 0 bridgehead atoms. The lowest BCUT2D eigenvalue weighted by molar-refractivity contribution is 0.213. The lowest BCUT2D eigenvalue weighted by Crippen LogP contribution is -2.32. The maximum Gasteiger partial charge on any atom is 0.179 e. The van der Waals surface area contributed by atoms with Crippen molar-refractivity contribution in [3.63, 3.8) is 0 Å². The van der Waals surface area contributed by atoms with Crippen LogP contribution in [0.3, 0.4) is 0 Å². The number of hydrogen-bond acceptors (Lipinski definition) is 5. The van der Waals surface area contributed by atoms with Crippen molar-refractivity contribution >= 4 is 11.3 Å². The van der Waals surface area contributed by atoms with Crippen molar-refractivity contribution in [2.24, 2.45) is 0 Å². The third-order valence-electron chi connectivity index (χ3n) is 5.44. The van der Waals surface area contributed by atoms with Crippen LogP contribution >= 0.6 is 11.3 Å². The Hall–Kier alpha value is -1.99. The fraction of sp³-hybridized carbons (Fsp3) is 0.526. The van der Waals surface area contributed by atoms with Crippen molar-refractivity contribution in [1.29, 1.82) is 0 Å². The fourth-order valence-electron chi connectivity index (χ4n) is 3.66. The number of nitrogens with zero attached hydrogens (tertiary/aromatic N) is 5. The van der Waals surface area contributed by atoms with E-state index in [4.69, 9.17) is 10.1 Å². The molecule has 0 spiro atoms. The van der Waals surface area contributed by atoms with E-state index in [1.54, 1.807) is 11.3 Å². The van der Waals surface area contributed by atoms with Gasteiger partial charge in [-0.2, -0.15) is 10.2 Å². The molecule has 2 aliphatic rings. The van der Waals surface area contributed by atoms with Gasteiger partial charge < -0.3 is 4.90 Å². The normalized spacial score (nSPS) is 19.3. The number of piperidine rings is 1. The van der Waals surface area contributed by atoms with Crippen molar-refractivity contribution in [2.75, 3.05) is 20.1 Å². The molecule has 1 aliphatic heterocycles. The van der Waals surface area contributed by atoms with Gasteiger partial charge in [-0.05, 0) is 70.9 Å². The van der Waals surface area contributed by atoms with E-state index < -0.39 is 0 Å². The quantitative estimate of drug-likeness (QED) is 0.760. The number of hydrogen-bond donors (Lipinski definition) is 1. The molecule has 136 valence electrons. The summed E-state index contributed by atoms with van der Waals surface area (Å²) in [5.41, 5.74) is 1.97. The summed E-state index contributed by atoms with van der Waals surface area (Å²) in [5.74, 6) is 2.49. The molecule has 0 unspecified atom stereocenters. The monoisotopic (exact) mass is 368 g/mol. The highest BCUT2D eigenvalue weighted by atomic mass is 32.1. The van der Waals surface area contributed by atoms with Gasteiger partial charge >= 0.3 is 0 Å². The predicted octanol–water partition coefficient (Wildman–Crippen LogP) is 3.85. The minimum absolute atomic E-state index is 0.422. The standard InChI is InChI=1S/C19H24N6S/c1-12-3-6-17(26-12)15-11-16(22-21-15)19-20-18(13-4-5-13)23-25(19)14-7-9-24(2)10-8-14/h3,6,11,13-14H,4-5,7-10H2,1-2H3,(H,21,22). The Labute approximate surface area is 157 Å². The van der Waals surface area contributed by atoms with Gasteiger partial charge in [0.25, 0.3) is 0 Å². The van der Waals surface area contributed by atoms with Crippen LogP contribution in [0.15, 0.2) is 18.2 Å². The molecular formula is C19H24N6S. The molecule has 26 heavy (non-hydrogen) atoms. The van der Waals surface area contributed by atoms with Gasteiger partial charge in [0.05, 0.1) is 16.6 Å². The number of aromatic nitrogens is 5. The molecule has 3 aromatic heterocycles. The van der Waals surface area contributed by atoms with Crippen LogP contribution in [0.4, 0.5) is 0 Å². The van der Waals surface area contributed by atoms with E-state index in [-0.39, 0.29) is 0 Å².